The number of nitrogens with one attached hydrogen (secondary N) is 1. The van der Waals surface area contributed by atoms with Gasteiger partial charge in [-0.15, -0.1) is 0 Å². The smallest absolute Gasteiger partial charge is 0.250 e. The van der Waals surface area contributed by atoms with Crippen molar-refractivity contribution >= 4 is 22.5 Å². The number of ether oxygens (including phenoxy) is 1. The third-order valence-corrected chi connectivity index (χ3v) is 4.77. The van der Waals surface area contributed by atoms with Gasteiger partial charge in [0.15, 0.2) is 0 Å². The number of para-hydroxylation sites is 1. The number of anilines is 1. The lowest BCUT2D eigenvalue weighted by Gasteiger charge is -2.22. The predicted molar refractivity (Wildman–Crippen MR) is 113 cm³/mol. The number of aromatic nitrogens is 1. The molecule has 0 aliphatic heterocycles. The highest BCUT2D eigenvalue weighted by Gasteiger charge is 2.17. The molecule has 6 heteroatoms. The number of benzene rings is 2. The van der Waals surface area contributed by atoms with Gasteiger partial charge in [-0.2, -0.15) is 0 Å². The molecule has 0 radical (unpaired) electrons. The van der Waals surface area contributed by atoms with E-state index in [1.54, 1.807) is 12.3 Å². The average Bonchev–Trinajstić information content (AvgIpc) is 2.72. The average molecular weight is 378 g/mol. The van der Waals surface area contributed by atoms with Crippen LogP contribution in [0.1, 0.15) is 41.4 Å². The van der Waals surface area contributed by atoms with E-state index in [9.17, 15) is 4.79 Å². The Kier molecular flexibility index (Phi) is 6.11. The van der Waals surface area contributed by atoms with Gasteiger partial charge in [0.1, 0.15) is 5.75 Å². The number of carbonyl (C=O) groups is 1. The molecule has 146 valence electrons. The van der Waals surface area contributed by atoms with E-state index >= 15 is 0 Å². The largest absolute Gasteiger partial charge is 0.494 e. The first-order valence-electron chi connectivity index (χ1n) is 9.48. The lowest BCUT2D eigenvalue weighted by atomic mass is 10.0. The molecule has 3 rings (SSSR count). The van der Waals surface area contributed by atoms with Crippen LogP contribution in [0, 0.1) is 0 Å². The molecule has 2 aromatic carbocycles. The van der Waals surface area contributed by atoms with Crippen molar-refractivity contribution in [1.82, 2.24) is 4.98 Å². The van der Waals surface area contributed by atoms with E-state index in [2.05, 4.69) is 17.2 Å². The number of primary amides is 1. The minimum atomic E-state index is -0.491. The summed E-state index contributed by atoms with van der Waals surface area (Å²) in [5.74, 6) is 0.340. The molecule has 0 bridgehead atoms. The Hall–Kier alpha value is -3.12. The SMILES string of the molecule is CCOc1ccc(C(CN)Nc2c(CC)cnc3c(C(N)=O)cccc23)cc1. The van der Waals surface area contributed by atoms with E-state index in [0.717, 1.165) is 34.4 Å². The van der Waals surface area contributed by atoms with Gasteiger partial charge in [-0.05, 0) is 42.7 Å². The van der Waals surface area contributed by atoms with Crippen LogP contribution >= 0.6 is 0 Å². The van der Waals surface area contributed by atoms with Gasteiger partial charge in [0.2, 0.25) is 0 Å². The molecule has 5 N–H and O–H groups in total. The van der Waals surface area contributed by atoms with E-state index in [-0.39, 0.29) is 6.04 Å². The van der Waals surface area contributed by atoms with Gasteiger partial charge >= 0.3 is 0 Å². The Morgan fingerprint density at radius 1 is 1.18 bits per heavy atom. The fourth-order valence-electron chi connectivity index (χ4n) is 3.32. The molecule has 1 atom stereocenters. The Labute approximate surface area is 164 Å². The summed E-state index contributed by atoms with van der Waals surface area (Å²) in [6.45, 7) is 5.07. The Morgan fingerprint density at radius 2 is 1.93 bits per heavy atom. The quantitative estimate of drug-likeness (QED) is 0.557. The van der Waals surface area contributed by atoms with Gasteiger partial charge in [0, 0.05) is 23.8 Å². The number of hydrogen-bond donors (Lipinski definition) is 3. The summed E-state index contributed by atoms with van der Waals surface area (Å²) in [6, 6.07) is 13.3. The molecule has 0 saturated carbocycles. The van der Waals surface area contributed by atoms with Crippen LogP contribution in [-0.2, 0) is 6.42 Å². The number of fused-ring (bicyclic) bond motifs is 1. The Balaban J connectivity index is 2.03. The summed E-state index contributed by atoms with van der Waals surface area (Å²) in [7, 11) is 0. The molecule has 3 aromatic rings. The summed E-state index contributed by atoms with van der Waals surface area (Å²) in [5.41, 5.74) is 15.7. The van der Waals surface area contributed by atoms with Crippen molar-refractivity contribution < 1.29 is 9.53 Å². The van der Waals surface area contributed by atoms with E-state index in [4.69, 9.17) is 16.2 Å². The number of pyridine rings is 1. The topological polar surface area (TPSA) is 103 Å². The summed E-state index contributed by atoms with van der Waals surface area (Å²) >= 11 is 0. The lowest BCUT2D eigenvalue weighted by Crippen LogP contribution is -2.21. The molecular formula is C22H26N4O2. The first-order valence-corrected chi connectivity index (χ1v) is 9.48. The standard InChI is InChI=1S/C22H26N4O2/c1-3-14-13-25-21-17(6-5-7-18(21)22(24)27)20(14)26-19(12-23)15-8-10-16(11-9-15)28-4-2/h5-11,13,19H,3-4,12,23H2,1-2H3,(H2,24,27)(H,25,26). The molecule has 6 nitrogen and oxygen atoms in total. The molecule has 0 aliphatic carbocycles. The van der Waals surface area contributed by atoms with E-state index < -0.39 is 5.91 Å². The second-order valence-corrected chi connectivity index (χ2v) is 6.51. The minimum absolute atomic E-state index is 0.0937. The number of aryl methyl sites for hydroxylation is 1. The van der Waals surface area contributed by atoms with Crippen LogP contribution in [0.5, 0.6) is 5.75 Å². The van der Waals surface area contributed by atoms with Gasteiger partial charge in [-0.3, -0.25) is 9.78 Å². The van der Waals surface area contributed by atoms with Gasteiger partial charge in [-0.25, -0.2) is 0 Å². The highest BCUT2D eigenvalue weighted by molar-refractivity contribution is 6.08. The van der Waals surface area contributed by atoms with Gasteiger partial charge in [0.05, 0.1) is 23.7 Å². The molecule has 28 heavy (non-hydrogen) atoms. The van der Waals surface area contributed by atoms with Crippen LogP contribution in [0.2, 0.25) is 0 Å². The number of rotatable bonds is 8. The summed E-state index contributed by atoms with van der Waals surface area (Å²) in [5, 5.41) is 4.43. The fraction of sp³-hybridized carbons (Fsp3) is 0.273. The van der Waals surface area contributed by atoms with Gasteiger partial charge in [-0.1, -0.05) is 31.2 Å². The Bertz CT molecular complexity index is 970. The molecule has 1 amide bonds. The van der Waals surface area contributed by atoms with Crippen molar-refractivity contribution in [2.75, 3.05) is 18.5 Å². The van der Waals surface area contributed by atoms with Crippen molar-refractivity contribution in [1.29, 1.82) is 0 Å². The first kappa shape index (κ1) is 19.6. The molecule has 1 unspecified atom stereocenters. The Morgan fingerprint density at radius 3 is 2.54 bits per heavy atom. The van der Waals surface area contributed by atoms with Crippen LogP contribution in [0.4, 0.5) is 5.69 Å². The monoisotopic (exact) mass is 378 g/mol. The first-order chi connectivity index (χ1) is 13.6. The van der Waals surface area contributed by atoms with Crippen LogP contribution in [0.3, 0.4) is 0 Å². The zero-order valence-corrected chi connectivity index (χ0v) is 16.2. The van der Waals surface area contributed by atoms with Crippen molar-refractivity contribution in [2.45, 2.75) is 26.3 Å². The second kappa shape index (κ2) is 8.71. The zero-order chi connectivity index (χ0) is 20.1. The highest BCUT2D eigenvalue weighted by atomic mass is 16.5. The molecule has 1 heterocycles. The zero-order valence-electron chi connectivity index (χ0n) is 16.2. The number of nitrogens with zero attached hydrogens (tertiary/aromatic N) is 1. The molecule has 1 aromatic heterocycles. The van der Waals surface area contributed by atoms with Gasteiger partial charge in [0.25, 0.3) is 5.91 Å². The van der Waals surface area contributed by atoms with Crippen molar-refractivity contribution in [3.05, 3.63) is 65.4 Å². The summed E-state index contributed by atoms with van der Waals surface area (Å²) in [4.78, 5) is 16.3. The van der Waals surface area contributed by atoms with Crippen molar-refractivity contribution in [2.24, 2.45) is 11.5 Å². The van der Waals surface area contributed by atoms with Crippen molar-refractivity contribution in [3.8, 4) is 5.75 Å². The molecular weight excluding hydrogens is 352 g/mol. The summed E-state index contributed by atoms with van der Waals surface area (Å²) < 4.78 is 5.52. The summed E-state index contributed by atoms with van der Waals surface area (Å²) in [6.07, 6.45) is 2.59. The second-order valence-electron chi connectivity index (χ2n) is 6.51. The van der Waals surface area contributed by atoms with Crippen LogP contribution < -0.4 is 21.5 Å². The van der Waals surface area contributed by atoms with Gasteiger partial charge < -0.3 is 21.5 Å². The number of amides is 1. The van der Waals surface area contributed by atoms with E-state index in [0.29, 0.717) is 24.2 Å². The van der Waals surface area contributed by atoms with Crippen LogP contribution in [0.25, 0.3) is 10.9 Å². The van der Waals surface area contributed by atoms with Crippen LogP contribution in [0.15, 0.2) is 48.7 Å². The fourth-order valence-corrected chi connectivity index (χ4v) is 3.32. The highest BCUT2D eigenvalue weighted by Crippen LogP contribution is 2.31. The number of nitrogens with two attached hydrogens (primary N) is 2. The number of carbonyl (C=O) groups excluding carboxylic acids is 1. The van der Waals surface area contributed by atoms with Crippen molar-refractivity contribution in [3.63, 3.8) is 0 Å². The predicted octanol–water partition coefficient (Wildman–Crippen LogP) is 3.41. The maximum atomic E-state index is 11.8. The van der Waals surface area contributed by atoms with Crippen LogP contribution in [-0.4, -0.2) is 24.0 Å². The number of hydrogen-bond acceptors (Lipinski definition) is 5. The molecule has 0 spiro atoms. The third kappa shape index (κ3) is 3.92. The third-order valence-electron chi connectivity index (χ3n) is 4.77. The minimum Gasteiger partial charge on any atom is -0.494 e. The maximum absolute atomic E-state index is 11.8. The van der Waals surface area contributed by atoms with E-state index in [1.807, 2.05) is 43.3 Å². The maximum Gasteiger partial charge on any atom is 0.250 e. The molecule has 0 fully saturated rings. The molecule has 0 saturated heterocycles. The molecule has 0 aliphatic rings. The van der Waals surface area contributed by atoms with E-state index in [1.165, 1.54) is 0 Å². The normalized spacial score (nSPS) is 12.0. The lowest BCUT2D eigenvalue weighted by molar-refractivity contribution is 0.100.